The fourth-order valence-corrected chi connectivity index (χ4v) is 2.78. The molecule has 4 heteroatoms. The molecule has 4 nitrogen and oxygen atoms in total. The summed E-state index contributed by atoms with van der Waals surface area (Å²) in [7, 11) is 0. The van der Waals surface area contributed by atoms with Crippen LogP contribution in [0.2, 0.25) is 0 Å². The molecule has 1 aromatic heterocycles. The van der Waals surface area contributed by atoms with Crippen molar-refractivity contribution in [3.63, 3.8) is 0 Å². The van der Waals surface area contributed by atoms with Gasteiger partial charge in [0.05, 0.1) is 18.3 Å². The van der Waals surface area contributed by atoms with E-state index in [4.69, 9.17) is 0 Å². The van der Waals surface area contributed by atoms with E-state index in [1.54, 1.807) is 10.9 Å². The van der Waals surface area contributed by atoms with Crippen LogP contribution in [0.25, 0.3) is 5.69 Å². The number of carbonyl (C=O) groups is 1. The summed E-state index contributed by atoms with van der Waals surface area (Å²) in [6, 6.07) is 20.4. The van der Waals surface area contributed by atoms with Gasteiger partial charge in [0.25, 0.3) is 0 Å². The van der Waals surface area contributed by atoms with Crippen molar-refractivity contribution in [3.8, 4) is 5.69 Å². The molecule has 0 aliphatic carbocycles. The summed E-state index contributed by atoms with van der Waals surface area (Å²) in [4.78, 5) is 12.2. The van der Waals surface area contributed by atoms with Gasteiger partial charge in [0.15, 0.2) is 0 Å². The Labute approximate surface area is 148 Å². The second-order valence-corrected chi connectivity index (χ2v) is 6.30. The van der Waals surface area contributed by atoms with Gasteiger partial charge in [-0.1, -0.05) is 48.5 Å². The first kappa shape index (κ1) is 17.0. The summed E-state index contributed by atoms with van der Waals surface area (Å²) in [5, 5.41) is 7.40. The van der Waals surface area contributed by atoms with Gasteiger partial charge < -0.3 is 5.32 Å². The third-order valence-electron chi connectivity index (χ3n) is 4.14. The van der Waals surface area contributed by atoms with E-state index >= 15 is 0 Å². The Morgan fingerprint density at radius 2 is 1.72 bits per heavy atom. The number of para-hydroxylation sites is 1. The van der Waals surface area contributed by atoms with E-state index in [9.17, 15) is 4.79 Å². The predicted octanol–water partition coefficient (Wildman–Crippen LogP) is 3.55. The number of nitrogens with one attached hydrogen (secondary N) is 1. The Balaban J connectivity index is 1.48. The molecule has 3 aromatic rings. The van der Waals surface area contributed by atoms with Crippen LogP contribution in [0.3, 0.4) is 0 Å². The number of benzene rings is 2. The van der Waals surface area contributed by atoms with Crippen molar-refractivity contribution in [1.82, 2.24) is 15.1 Å². The lowest BCUT2D eigenvalue weighted by Gasteiger charge is -2.13. The maximum atomic E-state index is 12.2. The van der Waals surface area contributed by atoms with Crippen molar-refractivity contribution in [2.24, 2.45) is 0 Å². The number of carbonyl (C=O) groups excluding carboxylic acids is 1. The van der Waals surface area contributed by atoms with Crippen LogP contribution in [0.1, 0.15) is 24.5 Å². The zero-order valence-electron chi connectivity index (χ0n) is 14.4. The van der Waals surface area contributed by atoms with Crippen LogP contribution in [0, 0.1) is 0 Å². The second-order valence-electron chi connectivity index (χ2n) is 6.30. The fourth-order valence-electron chi connectivity index (χ4n) is 2.78. The average molecular weight is 333 g/mol. The van der Waals surface area contributed by atoms with Gasteiger partial charge in [-0.25, -0.2) is 4.68 Å². The molecule has 1 heterocycles. The smallest absolute Gasteiger partial charge is 0.224 e. The number of nitrogens with zero attached hydrogens (tertiary/aromatic N) is 2. The van der Waals surface area contributed by atoms with Crippen molar-refractivity contribution < 1.29 is 4.79 Å². The van der Waals surface area contributed by atoms with Crippen LogP contribution < -0.4 is 5.32 Å². The first-order valence-electron chi connectivity index (χ1n) is 8.63. The first-order chi connectivity index (χ1) is 12.2. The van der Waals surface area contributed by atoms with Crippen molar-refractivity contribution in [2.45, 2.75) is 32.2 Å². The Hall–Kier alpha value is -2.88. The SMILES string of the molecule is CC(CCc1ccccc1)NC(=O)Cc1cnn(-c2ccccc2)c1. The van der Waals surface area contributed by atoms with Crippen LogP contribution in [-0.4, -0.2) is 21.7 Å². The summed E-state index contributed by atoms with van der Waals surface area (Å²) in [6.45, 7) is 2.05. The molecule has 25 heavy (non-hydrogen) atoms. The highest BCUT2D eigenvalue weighted by molar-refractivity contribution is 5.78. The van der Waals surface area contributed by atoms with E-state index in [1.807, 2.05) is 61.7 Å². The van der Waals surface area contributed by atoms with Gasteiger partial charge in [-0.2, -0.15) is 5.10 Å². The van der Waals surface area contributed by atoms with Gasteiger partial charge in [-0.3, -0.25) is 4.79 Å². The van der Waals surface area contributed by atoms with Crippen LogP contribution in [-0.2, 0) is 17.6 Å². The highest BCUT2D eigenvalue weighted by atomic mass is 16.1. The maximum absolute atomic E-state index is 12.2. The highest BCUT2D eigenvalue weighted by Crippen LogP contribution is 2.09. The molecular formula is C21H23N3O. The van der Waals surface area contributed by atoms with Crippen LogP contribution >= 0.6 is 0 Å². The van der Waals surface area contributed by atoms with Gasteiger partial charge in [0, 0.05) is 12.2 Å². The number of hydrogen-bond donors (Lipinski definition) is 1. The Morgan fingerprint density at radius 3 is 2.44 bits per heavy atom. The molecule has 0 fully saturated rings. The minimum atomic E-state index is 0.0353. The molecule has 0 aliphatic heterocycles. The summed E-state index contributed by atoms with van der Waals surface area (Å²) < 4.78 is 1.79. The van der Waals surface area contributed by atoms with E-state index in [0.717, 1.165) is 24.1 Å². The zero-order chi connectivity index (χ0) is 17.5. The molecule has 0 saturated heterocycles. The number of amides is 1. The first-order valence-corrected chi connectivity index (χ1v) is 8.63. The van der Waals surface area contributed by atoms with Gasteiger partial charge in [-0.05, 0) is 43.0 Å². The molecule has 0 spiro atoms. The minimum Gasteiger partial charge on any atom is -0.353 e. The molecular weight excluding hydrogens is 310 g/mol. The molecule has 128 valence electrons. The van der Waals surface area contributed by atoms with Crippen molar-refractivity contribution in [1.29, 1.82) is 0 Å². The quantitative estimate of drug-likeness (QED) is 0.719. The van der Waals surface area contributed by atoms with Gasteiger partial charge in [-0.15, -0.1) is 0 Å². The van der Waals surface area contributed by atoms with E-state index in [-0.39, 0.29) is 11.9 Å². The molecule has 1 amide bonds. The molecule has 1 atom stereocenters. The molecule has 0 saturated carbocycles. The van der Waals surface area contributed by atoms with Crippen LogP contribution in [0.5, 0.6) is 0 Å². The van der Waals surface area contributed by atoms with E-state index < -0.39 is 0 Å². The number of aryl methyl sites for hydroxylation is 1. The van der Waals surface area contributed by atoms with E-state index in [2.05, 4.69) is 22.5 Å². The number of rotatable bonds is 7. The van der Waals surface area contributed by atoms with Gasteiger partial charge >= 0.3 is 0 Å². The van der Waals surface area contributed by atoms with Crippen molar-refractivity contribution >= 4 is 5.91 Å². The Kier molecular flexibility index (Phi) is 5.62. The maximum Gasteiger partial charge on any atom is 0.224 e. The van der Waals surface area contributed by atoms with E-state index in [1.165, 1.54) is 5.56 Å². The molecule has 1 N–H and O–H groups in total. The van der Waals surface area contributed by atoms with E-state index in [0.29, 0.717) is 6.42 Å². The number of aromatic nitrogens is 2. The predicted molar refractivity (Wildman–Crippen MR) is 99.6 cm³/mol. The second kappa shape index (κ2) is 8.29. The third kappa shape index (κ3) is 5.05. The molecule has 0 radical (unpaired) electrons. The highest BCUT2D eigenvalue weighted by Gasteiger charge is 2.10. The number of hydrogen-bond acceptors (Lipinski definition) is 2. The van der Waals surface area contributed by atoms with Crippen molar-refractivity contribution in [3.05, 3.63) is 84.2 Å². The normalized spacial score (nSPS) is 11.9. The summed E-state index contributed by atoms with van der Waals surface area (Å²) in [5.74, 6) is 0.0353. The topological polar surface area (TPSA) is 46.9 Å². The van der Waals surface area contributed by atoms with Crippen LogP contribution in [0.4, 0.5) is 0 Å². The molecule has 2 aromatic carbocycles. The molecule has 0 aliphatic rings. The van der Waals surface area contributed by atoms with Gasteiger partial charge in [0.1, 0.15) is 0 Å². The minimum absolute atomic E-state index is 0.0353. The van der Waals surface area contributed by atoms with Gasteiger partial charge in [0.2, 0.25) is 5.91 Å². The average Bonchev–Trinajstić information content (AvgIpc) is 3.10. The summed E-state index contributed by atoms with van der Waals surface area (Å²) in [6.07, 6.45) is 5.90. The lowest BCUT2D eigenvalue weighted by molar-refractivity contribution is -0.121. The zero-order valence-corrected chi connectivity index (χ0v) is 14.4. The lowest BCUT2D eigenvalue weighted by atomic mass is 10.1. The Morgan fingerprint density at radius 1 is 1.04 bits per heavy atom. The Bertz CT molecular complexity index is 796. The molecule has 1 unspecified atom stereocenters. The summed E-state index contributed by atoms with van der Waals surface area (Å²) >= 11 is 0. The van der Waals surface area contributed by atoms with Crippen LogP contribution in [0.15, 0.2) is 73.1 Å². The van der Waals surface area contributed by atoms with Crippen molar-refractivity contribution in [2.75, 3.05) is 0 Å². The fraction of sp³-hybridized carbons (Fsp3) is 0.238. The molecule has 3 rings (SSSR count). The summed E-state index contributed by atoms with van der Waals surface area (Å²) in [5.41, 5.74) is 3.20. The lowest BCUT2D eigenvalue weighted by Crippen LogP contribution is -2.33. The largest absolute Gasteiger partial charge is 0.353 e. The standard InChI is InChI=1S/C21H23N3O/c1-17(12-13-18-8-4-2-5-9-18)23-21(25)14-19-15-22-24(16-19)20-10-6-3-7-11-20/h2-11,15-17H,12-14H2,1H3,(H,23,25). The monoisotopic (exact) mass is 333 g/mol. The molecule has 0 bridgehead atoms. The third-order valence-corrected chi connectivity index (χ3v) is 4.14.